The highest BCUT2D eigenvalue weighted by Gasteiger charge is 2.28. The van der Waals surface area contributed by atoms with Gasteiger partial charge in [0.15, 0.2) is 0 Å². The van der Waals surface area contributed by atoms with Crippen LogP contribution in [0.3, 0.4) is 0 Å². The Balaban J connectivity index is 1.57. The average Bonchev–Trinajstić information content (AvgIpc) is 3.20. The molecule has 0 bridgehead atoms. The van der Waals surface area contributed by atoms with Crippen molar-refractivity contribution in [3.8, 4) is 11.4 Å². The fraction of sp³-hybridized carbons (Fsp3) is 0.471. The van der Waals surface area contributed by atoms with E-state index in [0.29, 0.717) is 25.5 Å². The first-order valence-corrected chi connectivity index (χ1v) is 8.61. The first-order valence-electron chi connectivity index (χ1n) is 8.61. The number of H-pyrrole nitrogens is 1. The topological polar surface area (TPSA) is 107 Å². The van der Waals surface area contributed by atoms with E-state index >= 15 is 0 Å². The van der Waals surface area contributed by atoms with E-state index in [4.69, 9.17) is 0 Å². The van der Waals surface area contributed by atoms with E-state index in [9.17, 15) is 9.59 Å². The standard InChI is InChI=1S/C17H23N7O2/c1-23(2)17(26)24-8-4-7-14(11-24)16(25)18-10-12-5-3-6-13(9-12)15-19-21-22-20-15/h3,5-6,9,14H,4,7-8,10-11H2,1-2H3,(H,18,25)(H,19,20,21,22)/t14-/m0/s1. The van der Waals surface area contributed by atoms with Gasteiger partial charge in [-0.25, -0.2) is 4.79 Å². The van der Waals surface area contributed by atoms with Crippen LogP contribution >= 0.6 is 0 Å². The van der Waals surface area contributed by atoms with Crippen molar-refractivity contribution >= 4 is 11.9 Å². The van der Waals surface area contributed by atoms with Crippen molar-refractivity contribution in [3.63, 3.8) is 0 Å². The van der Waals surface area contributed by atoms with Crippen LogP contribution in [0.5, 0.6) is 0 Å². The number of hydrogen-bond donors (Lipinski definition) is 2. The second-order valence-electron chi connectivity index (χ2n) is 6.62. The molecule has 2 N–H and O–H groups in total. The maximum Gasteiger partial charge on any atom is 0.319 e. The van der Waals surface area contributed by atoms with Crippen LogP contribution in [-0.4, -0.2) is 69.5 Å². The number of nitrogens with one attached hydrogen (secondary N) is 2. The van der Waals surface area contributed by atoms with Crippen LogP contribution in [0.4, 0.5) is 4.79 Å². The van der Waals surface area contributed by atoms with E-state index in [2.05, 4.69) is 25.9 Å². The van der Waals surface area contributed by atoms with E-state index in [0.717, 1.165) is 24.0 Å². The van der Waals surface area contributed by atoms with Gasteiger partial charge in [-0.3, -0.25) is 4.79 Å². The lowest BCUT2D eigenvalue weighted by Gasteiger charge is -2.33. The molecule has 1 saturated heterocycles. The van der Waals surface area contributed by atoms with Crippen molar-refractivity contribution in [1.82, 2.24) is 35.7 Å². The molecule has 1 atom stereocenters. The van der Waals surface area contributed by atoms with Gasteiger partial charge >= 0.3 is 6.03 Å². The molecule has 1 fully saturated rings. The number of aromatic amines is 1. The quantitative estimate of drug-likeness (QED) is 0.844. The Hall–Kier alpha value is -2.97. The Kier molecular flexibility index (Phi) is 5.45. The van der Waals surface area contributed by atoms with E-state index in [1.165, 1.54) is 0 Å². The zero-order valence-corrected chi connectivity index (χ0v) is 15.0. The minimum absolute atomic E-state index is 0.0220. The number of aromatic nitrogens is 4. The zero-order chi connectivity index (χ0) is 18.5. The predicted molar refractivity (Wildman–Crippen MR) is 94.8 cm³/mol. The second-order valence-corrected chi connectivity index (χ2v) is 6.62. The molecule has 0 radical (unpaired) electrons. The molecular formula is C17H23N7O2. The summed E-state index contributed by atoms with van der Waals surface area (Å²) in [6, 6.07) is 7.60. The number of benzene rings is 1. The second kappa shape index (κ2) is 7.94. The van der Waals surface area contributed by atoms with Gasteiger partial charge in [-0.1, -0.05) is 18.2 Å². The van der Waals surface area contributed by atoms with Gasteiger partial charge in [0, 0.05) is 39.3 Å². The summed E-state index contributed by atoms with van der Waals surface area (Å²) < 4.78 is 0. The first kappa shape index (κ1) is 17.8. The van der Waals surface area contributed by atoms with Gasteiger partial charge in [-0.05, 0) is 29.7 Å². The molecule has 1 aliphatic rings. The number of hydrogen-bond acceptors (Lipinski definition) is 5. The van der Waals surface area contributed by atoms with Gasteiger partial charge in [-0.2, -0.15) is 5.21 Å². The third kappa shape index (κ3) is 4.16. The number of amides is 3. The largest absolute Gasteiger partial charge is 0.352 e. The van der Waals surface area contributed by atoms with Gasteiger partial charge in [0.1, 0.15) is 0 Å². The molecule has 0 spiro atoms. The first-order chi connectivity index (χ1) is 12.5. The van der Waals surface area contributed by atoms with Crippen LogP contribution in [0, 0.1) is 5.92 Å². The highest BCUT2D eigenvalue weighted by molar-refractivity contribution is 5.80. The maximum absolute atomic E-state index is 12.5. The van der Waals surface area contributed by atoms with Gasteiger partial charge in [0.2, 0.25) is 11.7 Å². The van der Waals surface area contributed by atoms with Crippen LogP contribution in [0.15, 0.2) is 24.3 Å². The summed E-state index contributed by atoms with van der Waals surface area (Å²) in [6.07, 6.45) is 1.64. The Bertz CT molecular complexity index is 760. The predicted octanol–water partition coefficient (Wildman–Crippen LogP) is 0.876. The molecule has 9 heteroatoms. The number of tetrazole rings is 1. The number of likely N-dealkylation sites (tertiary alicyclic amines) is 1. The molecule has 2 aromatic rings. The lowest BCUT2D eigenvalue weighted by atomic mass is 9.97. The van der Waals surface area contributed by atoms with Crippen molar-refractivity contribution in [2.45, 2.75) is 19.4 Å². The Labute approximate surface area is 151 Å². The number of urea groups is 1. The number of rotatable bonds is 4. The van der Waals surface area contributed by atoms with Crippen molar-refractivity contribution < 1.29 is 9.59 Å². The molecule has 9 nitrogen and oxygen atoms in total. The van der Waals surface area contributed by atoms with Crippen LogP contribution < -0.4 is 5.32 Å². The van der Waals surface area contributed by atoms with Crippen LogP contribution in [-0.2, 0) is 11.3 Å². The maximum atomic E-state index is 12.5. The van der Waals surface area contributed by atoms with E-state index in [1.54, 1.807) is 23.9 Å². The SMILES string of the molecule is CN(C)C(=O)N1CCC[C@H](C(=O)NCc2cccc(-c3nn[nH]n3)c2)C1. The summed E-state index contributed by atoms with van der Waals surface area (Å²) in [6.45, 7) is 1.59. The molecule has 1 aliphatic heterocycles. The normalized spacial score (nSPS) is 17.0. The molecule has 1 aromatic carbocycles. The van der Waals surface area contributed by atoms with Crippen LogP contribution in [0.25, 0.3) is 11.4 Å². The molecule has 0 unspecified atom stereocenters. The molecule has 2 heterocycles. The van der Waals surface area contributed by atoms with Crippen LogP contribution in [0.2, 0.25) is 0 Å². The zero-order valence-electron chi connectivity index (χ0n) is 15.0. The van der Waals surface area contributed by atoms with E-state index in [1.807, 2.05) is 24.3 Å². The Morgan fingerprint density at radius 2 is 2.23 bits per heavy atom. The summed E-state index contributed by atoms with van der Waals surface area (Å²) in [5.74, 6) is 0.322. The molecule has 0 saturated carbocycles. The number of carbonyl (C=O) groups excluding carboxylic acids is 2. The van der Waals surface area contributed by atoms with Crippen LogP contribution in [0.1, 0.15) is 18.4 Å². The minimum atomic E-state index is -0.173. The average molecular weight is 357 g/mol. The molecule has 3 rings (SSSR count). The summed E-state index contributed by atoms with van der Waals surface area (Å²) >= 11 is 0. The third-order valence-electron chi connectivity index (χ3n) is 4.44. The molecule has 0 aliphatic carbocycles. The van der Waals surface area contributed by atoms with E-state index < -0.39 is 0 Å². The van der Waals surface area contributed by atoms with Gasteiger partial charge < -0.3 is 15.1 Å². The van der Waals surface area contributed by atoms with Crippen molar-refractivity contribution in [2.24, 2.45) is 5.92 Å². The van der Waals surface area contributed by atoms with Crippen molar-refractivity contribution in [1.29, 1.82) is 0 Å². The smallest absolute Gasteiger partial charge is 0.319 e. The molecule has 26 heavy (non-hydrogen) atoms. The third-order valence-corrected chi connectivity index (χ3v) is 4.44. The number of piperidine rings is 1. The Morgan fingerprint density at radius 3 is 2.96 bits per heavy atom. The summed E-state index contributed by atoms with van der Waals surface area (Å²) in [5.41, 5.74) is 1.80. The fourth-order valence-electron chi connectivity index (χ4n) is 3.09. The monoisotopic (exact) mass is 357 g/mol. The fourth-order valence-corrected chi connectivity index (χ4v) is 3.09. The highest BCUT2D eigenvalue weighted by Crippen LogP contribution is 2.18. The lowest BCUT2D eigenvalue weighted by molar-refractivity contribution is -0.126. The van der Waals surface area contributed by atoms with Crippen molar-refractivity contribution in [3.05, 3.63) is 29.8 Å². The number of nitrogens with zero attached hydrogens (tertiary/aromatic N) is 5. The number of carbonyl (C=O) groups is 2. The molecule has 3 amide bonds. The molecular weight excluding hydrogens is 334 g/mol. The molecule has 1 aromatic heterocycles. The Morgan fingerprint density at radius 1 is 1.38 bits per heavy atom. The van der Waals surface area contributed by atoms with Gasteiger partial charge in [-0.15, -0.1) is 10.2 Å². The molecule has 138 valence electrons. The summed E-state index contributed by atoms with van der Waals surface area (Å²) in [7, 11) is 3.45. The van der Waals surface area contributed by atoms with E-state index in [-0.39, 0.29) is 17.9 Å². The van der Waals surface area contributed by atoms with Gasteiger partial charge in [0.05, 0.1) is 5.92 Å². The summed E-state index contributed by atoms with van der Waals surface area (Å²) in [4.78, 5) is 27.9. The summed E-state index contributed by atoms with van der Waals surface area (Å²) in [5, 5.41) is 16.9. The lowest BCUT2D eigenvalue weighted by Crippen LogP contribution is -2.48. The minimum Gasteiger partial charge on any atom is -0.352 e. The van der Waals surface area contributed by atoms with Crippen molar-refractivity contribution in [2.75, 3.05) is 27.2 Å². The highest BCUT2D eigenvalue weighted by atomic mass is 16.2. The van der Waals surface area contributed by atoms with Gasteiger partial charge in [0.25, 0.3) is 0 Å².